The molecule has 3 heterocycles. The van der Waals surface area contributed by atoms with Gasteiger partial charge >= 0.3 is 0 Å². The quantitative estimate of drug-likeness (QED) is 0.353. The highest BCUT2D eigenvalue weighted by Gasteiger charge is 2.45. The van der Waals surface area contributed by atoms with Crippen molar-refractivity contribution < 1.29 is 28.2 Å². The number of aromatic nitrogens is 4. The molecular weight excluding hydrogens is 515 g/mol. The van der Waals surface area contributed by atoms with Crippen LogP contribution in [-0.2, 0) is 4.79 Å². The van der Waals surface area contributed by atoms with Crippen LogP contribution in [0.3, 0.4) is 0 Å². The van der Waals surface area contributed by atoms with Crippen LogP contribution < -0.4 is 10.6 Å². The van der Waals surface area contributed by atoms with Gasteiger partial charge < -0.3 is 25.7 Å². The van der Waals surface area contributed by atoms with Crippen molar-refractivity contribution in [2.75, 3.05) is 23.8 Å². The Kier molecular flexibility index (Phi) is 7.38. The fraction of sp³-hybridized carbons (Fsp3) is 0.538. The molecule has 4 N–H and O–H groups in total. The van der Waals surface area contributed by atoms with E-state index in [0.29, 0.717) is 55.1 Å². The number of aliphatic hydroxyl groups excluding tert-OH is 1. The van der Waals surface area contributed by atoms with Crippen LogP contribution in [0.5, 0.6) is 0 Å². The van der Waals surface area contributed by atoms with E-state index in [2.05, 4.69) is 25.6 Å². The molecule has 2 aromatic heterocycles. The van der Waals surface area contributed by atoms with Crippen LogP contribution in [0.15, 0.2) is 18.3 Å². The zero-order valence-corrected chi connectivity index (χ0v) is 21.8. The zero-order chi connectivity index (χ0) is 27.9. The molecule has 1 saturated heterocycles. The molecule has 10 nitrogen and oxygen atoms in total. The summed E-state index contributed by atoms with van der Waals surface area (Å²) in [6, 6.07) is 0.575. The Balaban J connectivity index is 1.48. The summed E-state index contributed by atoms with van der Waals surface area (Å²) in [6.07, 6.45) is 3.96. The minimum absolute atomic E-state index is 0.0443. The number of fused-ring (bicyclic) bond motifs is 1. The predicted molar refractivity (Wildman–Crippen MR) is 138 cm³/mol. The second kappa shape index (κ2) is 10.6. The number of hydrogen-bond acceptors (Lipinski definition) is 8. The van der Waals surface area contributed by atoms with Crippen molar-refractivity contribution in [3.8, 4) is 0 Å². The van der Waals surface area contributed by atoms with Crippen LogP contribution in [0, 0.1) is 17.5 Å². The van der Waals surface area contributed by atoms with E-state index in [4.69, 9.17) is 0 Å². The summed E-state index contributed by atoms with van der Waals surface area (Å²) in [6.45, 7) is 4.20. The van der Waals surface area contributed by atoms with Crippen molar-refractivity contribution >= 4 is 34.7 Å². The van der Waals surface area contributed by atoms with E-state index in [1.165, 1.54) is 6.20 Å². The van der Waals surface area contributed by atoms with Gasteiger partial charge in [0.25, 0.3) is 5.91 Å². The van der Waals surface area contributed by atoms with Gasteiger partial charge in [-0.05, 0) is 52.4 Å². The van der Waals surface area contributed by atoms with Crippen LogP contribution >= 0.6 is 0 Å². The Hall–Kier alpha value is -3.45. The van der Waals surface area contributed by atoms with Gasteiger partial charge in [-0.25, -0.2) is 23.1 Å². The van der Waals surface area contributed by atoms with Crippen LogP contribution in [0.4, 0.5) is 30.8 Å². The molecule has 1 amide bonds. The van der Waals surface area contributed by atoms with Gasteiger partial charge in [0.15, 0.2) is 17.3 Å². The summed E-state index contributed by atoms with van der Waals surface area (Å²) in [4.78, 5) is 28.1. The number of carbonyl (C=O) groups is 1. The number of aliphatic hydroxyl groups is 2. The number of nitrogens with zero attached hydrogens (tertiary/aromatic N) is 5. The number of rotatable bonds is 7. The summed E-state index contributed by atoms with van der Waals surface area (Å²) in [7, 11) is 0. The van der Waals surface area contributed by atoms with Crippen molar-refractivity contribution in [3.63, 3.8) is 0 Å². The summed E-state index contributed by atoms with van der Waals surface area (Å²) in [5.74, 6) is -3.24. The fourth-order valence-electron chi connectivity index (χ4n) is 5.54. The van der Waals surface area contributed by atoms with Crippen LogP contribution in [0.2, 0.25) is 0 Å². The van der Waals surface area contributed by atoms with Gasteiger partial charge in [0.2, 0.25) is 11.9 Å². The second-order valence-electron chi connectivity index (χ2n) is 10.6. The Morgan fingerprint density at radius 3 is 2.49 bits per heavy atom. The van der Waals surface area contributed by atoms with Gasteiger partial charge in [-0.1, -0.05) is 0 Å². The lowest BCUT2D eigenvalue weighted by Gasteiger charge is -2.39. The smallest absolute Gasteiger partial charge is 0.254 e. The molecule has 0 spiro atoms. The minimum atomic E-state index is -1.58. The lowest BCUT2D eigenvalue weighted by Crippen LogP contribution is -2.53. The molecule has 1 aliphatic carbocycles. The fourth-order valence-corrected chi connectivity index (χ4v) is 5.54. The summed E-state index contributed by atoms with van der Waals surface area (Å²) in [5, 5.41) is 26.7. The van der Waals surface area contributed by atoms with E-state index in [-0.39, 0.29) is 49.4 Å². The summed E-state index contributed by atoms with van der Waals surface area (Å²) in [5.41, 5.74) is -1.37. The highest BCUT2D eigenvalue weighted by Crippen LogP contribution is 2.40. The predicted octanol–water partition coefficient (Wildman–Crippen LogP) is 3.64. The SMILES string of the molecule is CC(C)Nc1ncc2nc(Nc3c(F)cc(F)cc3F)n([C@H]3CC[C@@](O)(C(=O)N4CCCC4CO)CC3)c2n1. The number of nitrogens with one attached hydrogen (secondary N) is 2. The highest BCUT2D eigenvalue weighted by molar-refractivity contribution is 5.85. The van der Waals surface area contributed by atoms with Gasteiger partial charge in [0.05, 0.1) is 18.8 Å². The van der Waals surface area contributed by atoms with Crippen molar-refractivity contribution in [1.29, 1.82) is 0 Å². The third-order valence-electron chi connectivity index (χ3n) is 7.49. The van der Waals surface area contributed by atoms with E-state index in [1.54, 1.807) is 9.47 Å². The van der Waals surface area contributed by atoms with Gasteiger partial charge in [-0.2, -0.15) is 4.98 Å². The second-order valence-corrected chi connectivity index (χ2v) is 10.6. The number of amides is 1. The molecule has 2 fully saturated rings. The molecule has 1 atom stereocenters. The van der Waals surface area contributed by atoms with E-state index < -0.39 is 28.7 Å². The Morgan fingerprint density at radius 2 is 1.85 bits per heavy atom. The van der Waals surface area contributed by atoms with E-state index >= 15 is 0 Å². The Labute approximate surface area is 223 Å². The highest BCUT2D eigenvalue weighted by atomic mass is 19.1. The van der Waals surface area contributed by atoms with Gasteiger partial charge in [-0.15, -0.1) is 0 Å². The van der Waals surface area contributed by atoms with Gasteiger partial charge in [-0.3, -0.25) is 9.36 Å². The minimum Gasteiger partial charge on any atom is -0.394 e. The maximum absolute atomic E-state index is 14.5. The number of hydrogen-bond donors (Lipinski definition) is 4. The van der Waals surface area contributed by atoms with E-state index in [0.717, 1.165) is 6.42 Å². The molecule has 0 radical (unpaired) electrons. The van der Waals surface area contributed by atoms with E-state index in [9.17, 15) is 28.2 Å². The molecule has 2 aliphatic rings. The third-order valence-corrected chi connectivity index (χ3v) is 7.49. The molecule has 5 rings (SSSR count). The first kappa shape index (κ1) is 27.1. The lowest BCUT2D eigenvalue weighted by atomic mass is 9.81. The van der Waals surface area contributed by atoms with Crippen molar-refractivity contribution in [3.05, 3.63) is 35.8 Å². The first-order chi connectivity index (χ1) is 18.6. The molecule has 3 aromatic rings. The molecule has 1 aliphatic heterocycles. The molecular formula is C26H32F3N7O3. The molecule has 1 saturated carbocycles. The lowest BCUT2D eigenvalue weighted by molar-refractivity contribution is -0.157. The monoisotopic (exact) mass is 547 g/mol. The van der Waals surface area contributed by atoms with Gasteiger partial charge in [0.1, 0.15) is 22.6 Å². The molecule has 0 bridgehead atoms. The van der Waals surface area contributed by atoms with E-state index in [1.807, 2.05) is 13.8 Å². The maximum atomic E-state index is 14.5. The molecule has 1 aromatic carbocycles. The molecule has 210 valence electrons. The first-order valence-electron chi connectivity index (χ1n) is 13.2. The summed E-state index contributed by atoms with van der Waals surface area (Å²) >= 11 is 0. The van der Waals surface area contributed by atoms with Crippen molar-refractivity contribution in [1.82, 2.24) is 24.4 Å². The number of halogens is 3. The van der Waals surface area contributed by atoms with Crippen LogP contribution in [0.25, 0.3) is 11.2 Å². The normalized spacial score (nSPS) is 23.5. The zero-order valence-electron chi connectivity index (χ0n) is 21.8. The Morgan fingerprint density at radius 1 is 1.15 bits per heavy atom. The number of carbonyl (C=O) groups excluding carboxylic acids is 1. The number of anilines is 3. The van der Waals surface area contributed by atoms with Crippen LogP contribution in [-0.4, -0.2) is 71.4 Å². The third kappa shape index (κ3) is 5.24. The average Bonchev–Trinajstić information content (AvgIpc) is 3.50. The number of benzene rings is 1. The first-order valence-corrected chi connectivity index (χ1v) is 13.2. The molecule has 1 unspecified atom stereocenters. The molecule has 39 heavy (non-hydrogen) atoms. The van der Waals surface area contributed by atoms with Crippen molar-refractivity contribution in [2.45, 2.75) is 76.1 Å². The standard InChI is InChI=1S/C26H32F3N7O3/c1-14(2)31-24-30-12-20-22(34-24)36(25(32-20)33-21-18(28)10-15(27)11-19(21)29)16-5-7-26(39,8-6-16)23(38)35-9-3-4-17(35)13-37/h10-12,14,16-17,37,39H,3-9,13H2,1-2H3,(H,32,33)(H,30,31,34)/t16-,17?,26-. The van der Waals surface area contributed by atoms with Crippen LogP contribution in [0.1, 0.15) is 58.4 Å². The average molecular weight is 548 g/mol. The van der Waals surface area contributed by atoms with Crippen molar-refractivity contribution in [2.24, 2.45) is 0 Å². The summed E-state index contributed by atoms with van der Waals surface area (Å²) < 4.78 is 44.2. The number of likely N-dealkylation sites (tertiary alicyclic amines) is 1. The largest absolute Gasteiger partial charge is 0.394 e. The maximum Gasteiger partial charge on any atom is 0.254 e. The van der Waals surface area contributed by atoms with Gasteiger partial charge in [0, 0.05) is 30.8 Å². The molecule has 13 heteroatoms. The topological polar surface area (TPSA) is 128 Å². The Bertz CT molecular complexity index is 1350. The number of imidazole rings is 1.